The largest absolute Gasteiger partial charge is 0.311 e. The topological polar surface area (TPSA) is 52.2 Å². The van der Waals surface area contributed by atoms with Gasteiger partial charge in [-0.1, -0.05) is 63.9 Å². The summed E-state index contributed by atoms with van der Waals surface area (Å²) in [5, 5.41) is 5.49. The predicted octanol–water partition coefficient (Wildman–Crippen LogP) is 5.27. The van der Waals surface area contributed by atoms with Gasteiger partial charge in [0, 0.05) is 24.0 Å². The average Bonchev–Trinajstić information content (AvgIpc) is 3.16. The standard InChI is InChI=1S/C25H28N4O/c1-4-20-23(18-10-6-5-7-11-18)24-26-15-19-22(29(24)27-20)13-14-28(25(19)30)21-12-8-9-16(2)17(21)3/h5-7,10-11,13-17,21H,4,8-9,12H2,1-3H3. The number of fused-ring (bicyclic) bond motifs is 3. The Labute approximate surface area is 176 Å². The van der Waals surface area contributed by atoms with E-state index in [2.05, 4.69) is 32.9 Å². The Kier molecular flexibility index (Phi) is 4.69. The van der Waals surface area contributed by atoms with Gasteiger partial charge in [0.05, 0.1) is 16.6 Å². The van der Waals surface area contributed by atoms with E-state index < -0.39 is 0 Å². The van der Waals surface area contributed by atoms with Crippen LogP contribution in [0.2, 0.25) is 0 Å². The highest BCUT2D eigenvalue weighted by molar-refractivity contribution is 5.86. The molecule has 3 atom stereocenters. The number of hydrogen-bond donors (Lipinski definition) is 0. The third-order valence-corrected chi connectivity index (χ3v) is 7.03. The van der Waals surface area contributed by atoms with Crippen LogP contribution >= 0.6 is 0 Å². The van der Waals surface area contributed by atoms with Crippen LogP contribution in [0, 0.1) is 11.8 Å². The van der Waals surface area contributed by atoms with Crippen molar-refractivity contribution in [2.75, 3.05) is 0 Å². The van der Waals surface area contributed by atoms with Crippen molar-refractivity contribution in [1.82, 2.24) is 19.2 Å². The number of benzene rings is 1. The second-order valence-electron chi connectivity index (χ2n) is 8.70. The molecule has 5 nitrogen and oxygen atoms in total. The molecule has 1 fully saturated rings. The smallest absolute Gasteiger partial charge is 0.261 e. The fraction of sp³-hybridized carbons (Fsp3) is 0.400. The molecule has 5 heteroatoms. The van der Waals surface area contributed by atoms with E-state index in [0.29, 0.717) is 17.2 Å². The summed E-state index contributed by atoms with van der Waals surface area (Å²) >= 11 is 0. The van der Waals surface area contributed by atoms with E-state index in [4.69, 9.17) is 10.1 Å². The molecule has 0 radical (unpaired) electrons. The van der Waals surface area contributed by atoms with Crippen molar-refractivity contribution in [2.24, 2.45) is 11.8 Å². The molecular formula is C25H28N4O. The van der Waals surface area contributed by atoms with Crippen LogP contribution in [-0.2, 0) is 6.42 Å². The molecule has 0 bridgehead atoms. The summed E-state index contributed by atoms with van der Waals surface area (Å²) in [5.74, 6) is 1.13. The van der Waals surface area contributed by atoms with Gasteiger partial charge in [-0.3, -0.25) is 4.79 Å². The lowest BCUT2D eigenvalue weighted by Gasteiger charge is -2.35. The van der Waals surface area contributed by atoms with Gasteiger partial charge in [-0.15, -0.1) is 0 Å². The molecule has 1 saturated carbocycles. The quantitative estimate of drug-likeness (QED) is 0.471. The number of aryl methyl sites for hydroxylation is 1. The second-order valence-corrected chi connectivity index (χ2v) is 8.70. The monoisotopic (exact) mass is 400 g/mol. The van der Waals surface area contributed by atoms with Crippen molar-refractivity contribution in [2.45, 2.75) is 52.5 Å². The van der Waals surface area contributed by atoms with Crippen LogP contribution < -0.4 is 5.56 Å². The zero-order chi connectivity index (χ0) is 20.8. The highest BCUT2D eigenvalue weighted by Gasteiger charge is 2.29. The first-order valence-corrected chi connectivity index (χ1v) is 11.1. The van der Waals surface area contributed by atoms with Gasteiger partial charge in [0.2, 0.25) is 0 Å². The maximum absolute atomic E-state index is 13.4. The molecular weight excluding hydrogens is 372 g/mol. The van der Waals surface area contributed by atoms with E-state index in [0.717, 1.165) is 40.8 Å². The molecule has 0 saturated heterocycles. The Morgan fingerprint density at radius 1 is 1.10 bits per heavy atom. The van der Waals surface area contributed by atoms with Crippen LogP contribution in [-0.4, -0.2) is 19.2 Å². The van der Waals surface area contributed by atoms with Gasteiger partial charge >= 0.3 is 0 Å². The molecule has 3 heterocycles. The molecule has 3 aromatic heterocycles. The van der Waals surface area contributed by atoms with Crippen molar-refractivity contribution in [3.8, 4) is 11.1 Å². The normalized spacial score (nSPS) is 22.0. The third kappa shape index (κ3) is 2.87. The lowest BCUT2D eigenvalue weighted by molar-refractivity contribution is 0.183. The maximum Gasteiger partial charge on any atom is 0.261 e. The molecule has 3 unspecified atom stereocenters. The van der Waals surface area contributed by atoms with Crippen LogP contribution in [0.3, 0.4) is 0 Å². The summed E-state index contributed by atoms with van der Waals surface area (Å²) in [6, 6.07) is 12.6. The Balaban J connectivity index is 1.71. The van der Waals surface area contributed by atoms with Gasteiger partial charge in [-0.25, -0.2) is 9.50 Å². The summed E-state index contributed by atoms with van der Waals surface area (Å²) in [6.45, 7) is 6.68. The minimum atomic E-state index is 0.0441. The zero-order valence-electron chi connectivity index (χ0n) is 17.9. The molecule has 0 spiro atoms. The van der Waals surface area contributed by atoms with Crippen LogP contribution in [0.1, 0.15) is 51.8 Å². The number of nitrogens with zero attached hydrogens (tertiary/aromatic N) is 4. The fourth-order valence-corrected chi connectivity index (χ4v) is 5.08. The van der Waals surface area contributed by atoms with E-state index in [1.54, 1.807) is 6.20 Å². The lowest BCUT2D eigenvalue weighted by Crippen LogP contribution is -2.33. The maximum atomic E-state index is 13.4. The van der Waals surface area contributed by atoms with Crippen LogP contribution in [0.5, 0.6) is 0 Å². The SMILES string of the molecule is CCc1nn2c(ncc3c(=O)n(C4CCCC(C)C4C)ccc32)c1-c1ccccc1. The molecule has 1 aromatic carbocycles. The number of hydrogen-bond acceptors (Lipinski definition) is 3. The van der Waals surface area contributed by atoms with E-state index in [1.807, 2.05) is 39.5 Å². The Morgan fingerprint density at radius 3 is 2.67 bits per heavy atom. The summed E-state index contributed by atoms with van der Waals surface area (Å²) in [6.07, 6.45) is 8.01. The fourth-order valence-electron chi connectivity index (χ4n) is 5.08. The zero-order valence-corrected chi connectivity index (χ0v) is 17.9. The first kappa shape index (κ1) is 19.0. The number of pyridine rings is 1. The van der Waals surface area contributed by atoms with Gasteiger partial charge in [0.15, 0.2) is 5.65 Å². The second kappa shape index (κ2) is 7.38. The van der Waals surface area contributed by atoms with E-state index in [1.165, 1.54) is 12.8 Å². The van der Waals surface area contributed by atoms with Gasteiger partial charge in [-0.2, -0.15) is 5.10 Å². The minimum absolute atomic E-state index is 0.0441. The molecule has 1 aliphatic rings. The molecule has 30 heavy (non-hydrogen) atoms. The van der Waals surface area contributed by atoms with Crippen molar-refractivity contribution < 1.29 is 0 Å². The van der Waals surface area contributed by atoms with Crippen LogP contribution in [0.4, 0.5) is 0 Å². The van der Waals surface area contributed by atoms with Gasteiger partial charge < -0.3 is 4.57 Å². The first-order valence-electron chi connectivity index (χ1n) is 11.1. The van der Waals surface area contributed by atoms with Crippen molar-refractivity contribution >= 4 is 16.6 Å². The lowest BCUT2D eigenvalue weighted by atomic mass is 9.78. The third-order valence-electron chi connectivity index (χ3n) is 7.03. The molecule has 1 aliphatic carbocycles. The van der Waals surface area contributed by atoms with Gasteiger partial charge in [0.25, 0.3) is 5.56 Å². The van der Waals surface area contributed by atoms with E-state index >= 15 is 0 Å². The van der Waals surface area contributed by atoms with Gasteiger partial charge in [-0.05, 0) is 36.3 Å². The summed E-state index contributed by atoms with van der Waals surface area (Å²) in [5.41, 5.74) is 4.84. The van der Waals surface area contributed by atoms with Crippen molar-refractivity contribution in [1.29, 1.82) is 0 Å². The Morgan fingerprint density at radius 2 is 1.90 bits per heavy atom. The summed E-state index contributed by atoms with van der Waals surface area (Å²) < 4.78 is 3.80. The number of rotatable bonds is 3. The molecule has 154 valence electrons. The summed E-state index contributed by atoms with van der Waals surface area (Å²) in [4.78, 5) is 18.2. The van der Waals surface area contributed by atoms with Gasteiger partial charge in [0.1, 0.15) is 0 Å². The highest BCUT2D eigenvalue weighted by Crippen LogP contribution is 2.37. The Bertz CT molecular complexity index is 1270. The van der Waals surface area contributed by atoms with E-state index in [-0.39, 0.29) is 11.6 Å². The molecule has 0 amide bonds. The predicted molar refractivity (Wildman–Crippen MR) is 121 cm³/mol. The summed E-state index contributed by atoms with van der Waals surface area (Å²) in [7, 11) is 0. The highest BCUT2D eigenvalue weighted by atomic mass is 16.1. The van der Waals surface area contributed by atoms with Crippen molar-refractivity contribution in [3.05, 3.63) is 64.8 Å². The van der Waals surface area contributed by atoms with Crippen LogP contribution in [0.25, 0.3) is 27.7 Å². The first-order chi connectivity index (χ1) is 14.6. The van der Waals surface area contributed by atoms with Crippen molar-refractivity contribution in [3.63, 3.8) is 0 Å². The Hall–Kier alpha value is -2.95. The van der Waals surface area contributed by atoms with E-state index in [9.17, 15) is 4.79 Å². The van der Waals surface area contributed by atoms with Crippen LogP contribution in [0.15, 0.2) is 53.6 Å². The number of aromatic nitrogens is 4. The molecule has 0 aliphatic heterocycles. The molecule has 0 N–H and O–H groups in total. The molecule has 5 rings (SSSR count). The molecule has 4 aromatic rings. The average molecular weight is 401 g/mol. The minimum Gasteiger partial charge on any atom is -0.311 e.